The highest BCUT2D eigenvalue weighted by Gasteiger charge is 2.28. The number of nitriles is 2. The molecule has 0 aliphatic heterocycles. The van der Waals surface area contributed by atoms with Gasteiger partial charge in [0.1, 0.15) is 44.4 Å². The van der Waals surface area contributed by atoms with Crippen molar-refractivity contribution in [3.05, 3.63) is 101 Å². The fraction of sp³-hybridized carbons (Fsp3) is 0. The van der Waals surface area contributed by atoms with E-state index in [1.807, 2.05) is 0 Å². The summed E-state index contributed by atoms with van der Waals surface area (Å²) in [7, 11) is -15.8. The van der Waals surface area contributed by atoms with Crippen LogP contribution in [-0.4, -0.2) is 49.9 Å². The lowest BCUT2D eigenvalue weighted by Gasteiger charge is -2.15. The van der Waals surface area contributed by atoms with Gasteiger partial charge in [0.25, 0.3) is 36.3 Å². The standard InChI is InChI=1S/C31H17F3N6O11S3/c32-25-18(12-35)27(34)28(19(13-36)26(25)33)37-16-6-7-22(53(46,47)48)20(10-16)39-40-29-23(54(49,50)51)9-15-8-17(52(43,44)45)11-21(24(15)30(29)41)38-31(42)14-4-2-1-3-5-14/h1-11,37,41H,(H,38,42)(H,43,44,45)(H,46,47,48)(H,49,50,51). The van der Waals surface area contributed by atoms with E-state index >= 15 is 4.39 Å². The lowest BCUT2D eigenvalue weighted by Crippen LogP contribution is -2.13. The lowest BCUT2D eigenvalue weighted by molar-refractivity contribution is 0.102. The smallest absolute Gasteiger partial charge is 0.296 e. The highest BCUT2D eigenvalue weighted by molar-refractivity contribution is 7.86. The number of benzene rings is 5. The Balaban J connectivity index is 1.75. The molecule has 5 aromatic rings. The molecule has 0 bridgehead atoms. The molecule has 5 rings (SSSR count). The molecule has 0 heterocycles. The van der Waals surface area contributed by atoms with Crippen LogP contribution >= 0.6 is 0 Å². The number of nitrogens with zero attached hydrogens (tertiary/aromatic N) is 4. The quantitative estimate of drug-likeness (QED) is 0.0578. The summed E-state index contributed by atoms with van der Waals surface area (Å²) in [5, 5.41) is 40.2. The molecule has 23 heteroatoms. The maximum Gasteiger partial charge on any atom is 0.296 e. The van der Waals surface area contributed by atoms with E-state index in [4.69, 9.17) is 5.26 Å². The first-order valence-electron chi connectivity index (χ1n) is 14.1. The molecule has 0 atom stereocenters. The predicted octanol–water partition coefficient (Wildman–Crippen LogP) is 5.86. The van der Waals surface area contributed by atoms with Crippen LogP contribution < -0.4 is 10.6 Å². The Morgan fingerprint density at radius 2 is 1.33 bits per heavy atom. The molecule has 0 radical (unpaired) electrons. The number of halogens is 3. The Morgan fingerprint density at radius 1 is 0.722 bits per heavy atom. The van der Waals surface area contributed by atoms with Crippen LogP contribution in [0.1, 0.15) is 21.5 Å². The molecule has 0 aliphatic rings. The number of aromatic hydroxyl groups is 1. The number of carbonyl (C=O) groups excluding carboxylic acids is 1. The predicted molar refractivity (Wildman–Crippen MR) is 179 cm³/mol. The van der Waals surface area contributed by atoms with Gasteiger partial charge in [0.2, 0.25) is 0 Å². The van der Waals surface area contributed by atoms with Crippen LogP contribution in [0.25, 0.3) is 10.8 Å². The van der Waals surface area contributed by atoms with Gasteiger partial charge in [-0.1, -0.05) is 18.2 Å². The van der Waals surface area contributed by atoms with Crippen LogP contribution in [0, 0.1) is 40.1 Å². The second-order valence-corrected chi connectivity index (χ2v) is 14.9. The second kappa shape index (κ2) is 14.2. The molecular formula is C31H17F3N6O11S3. The minimum atomic E-state index is -5.45. The van der Waals surface area contributed by atoms with E-state index in [0.29, 0.717) is 30.3 Å². The first-order chi connectivity index (χ1) is 25.2. The minimum Gasteiger partial charge on any atom is -0.505 e. The third-order valence-electron chi connectivity index (χ3n) is 7.29. The normalized spacial score (nSPS) is 12.0. The first kappa shape index (κ1) is 38.8. The number of nitrogens with one attached hydrogen (secondary N) is 2. The highest BCUT2D eigenvalue weighted by Crippen LogP contribution is 2.46. The summed E-state index contributed by atoms with van der Waals surface area (Å²) >= 11 is 0. The number of hydrogen-bond donors (Lipinski definition) is 6. The molecule has 276 valence electrons. The molecule has 0 spiro atoms. The summed E-state index contributed by atoms with van der Waals surface area (Å²) in [6, 6.07) is 13.5. The second-order valence-electron chi connectivity index (χ2n) is 10.7. The van der Waals surface area contributed by atoms with Crippen LogP contribution in [0.4, 0.5) is 41.6 Å². The van der Waals surface area contributed by atoms with E-state index < -0.39 is 124 Å². The maximum atomic E-state index is 15.0. The van der Waals surface area contributed by atoms with Crippen molar-refractivity contribution in [2.24, 2.45) is 10.2 Å². The third-order valence-corrected chi connectivity index (χ3v) is 9.89. The summed E-state index contributed by atoms with van der Waals surface area (Å²) in [5.74, 6) is -7.76. The number of phenols is 1. The summed E-state index contributed by atoms with van der Waals surface area (Å²) in [5.41, 5.74) is -6.92. The zero-order chi connectivity index (χ0) is 39.9. The highest BCUT2D eigenvalue weighted by atomic mass is 32.2. The summed E-state index contributed by atoms with van der Waals surface area (Å²) < 4.78 is 147. The molecule has 0 unspecified atom stereocenters. The Labute approximate surface area is 301 Å². The molecule has 0 saturated heterocycles. The number of rotatable bonds is 9. The van der Waals surface area contributed by atoms with E-state index in [0.717, 1.165) is 12.1 Å². The monoisotopic (exact) mass is 802 g/mol. The molecule has 5 aromatic carbocycles. The molecule has 17 nitrogen and oxygen atoms in total. The van der Waals surface area contributed by atoms with Gasteiger partial charge < -0.3 is 15.7 Å². The van der Waals surface area contributed by atoms with E-state index in [9.17, 15) is 62.9 Å². The molecule has 54 heavy (non-hydrogen) atoms. The van der Waals surface area contributed by atoms with E-state index in [1.165, 1.54) is 30.3 Å². The van der Waals surface area contributed by atoms with E-state index in [-0.39, 0.29) is 5.56 Å². The van der Waals surface area contributed by atoms with Gasteiger partial charge in [0.05, 0.1) is 16.3 Å². The van der Waals surface area contributed by atoms with Crippen LogP contribution in [0.2, 0.25) is 0 Å². The number of fused-ring (bicyclic) bond motifs is 1. The topological polar surface area (TPSA) is 297 Å². The van der Waals surface area contributed by atoms with Crippen LogP contribution in [-0.2, 0) is 30.4 Å². The van der Waals surface area contributed by atoms with Gasteiger partial charge in [-0.25, -0.2) is 13.2 Å². The van der Waals surface area contributed by atoms with Crippen LogP contribution in [0.3, 0.4) is 0 Å². The number of azo groups is 1. The summed E-state index contributed by atoms with van der Waals surface area (Å²) in [4.78, 5) is 9.73. The van der Waals surface area contributed by atoms with Gasteiger partial charge in [0.15, 0.2) is 23.2 Å². The first-order valence-corrected chi connectivity index (χ1v) is 18.5. The van der Waals surface area contributed by atoms with Gasteiger partial charge in [-0.3, -0.25) is 18.5 Å². The van der Waals surface area contributed by atoms with Gasteiger partial charge in [-0.2, -0.15) is 35.8 Å². The fourth-order valence-corrected chi connectivity index (χ4v) is 6.71. The van der Waals surface area contributed by atoms with Crippen LogP contribution in [0.5, 0.6) is 5.75 Å². The van der Waals surface area contributed by atoms with Crippen molar-refractivity contribution in [1.29, 1.82) is 10.5 Å². The van der Waals surface area contributed by atoms with Gasteiger partial charge >= 0.3 is 0 Å². The number of phenolic OH excluding ortho intramolecular Hbond substituents is 1. The number of anilines is 3. The van der Waals surface area contributed by atoms with Crippen molar-refractivity contribution in [1.82, 2.24) is 0 Å². The zero-order valence-electron chi connectivity index (χ0n) is 26.1. The molecule has 0 saturated carbocycles. The molecule has 0 fully saturated rings. The Morgan fingerprint density at radius 3 is 1.91 bits per heavy atom. The van der Waals surface area contributed by atoms with Gasteiger partial charge in [-0.05, 0) is 53.9 Å². The fourth-order valence-electron chi connectivity index (χ4n) is 4.91. The number of hydrogen-bond acceptors (Lipinski definition) is 13. The summed E-state index contributed by atoms with van der Waals surface area (Å²) in [6.45, 7) is 0. The van der Waals surface area contributed by atoms with Crippen molar-refractivity contribution in [2.45, 2.75) is 14.7 Å². The van der Waals surface area contributed by atoms with Crippen molar-refractivity contribution >= 4 is 75.5 Å². The zero-order valence-corrected chi connectivity index (χ0v) is 28.6. The Hall–Kier alpha value is -6.47. The van der Waals surface area contributed by atoms with E-state index in [1.54, 1.807) is 6.07 Å². The van der Waals surface area contributed by atoms with Gasteiger partial charge in [-0.15, -0.1) is 10.2 Å². The van der Waals surface area contributed by atoms with Crippen molar-refractivity contribution in [3.63, 3.8) is 0 Å². The number of carbonyl (C=O) groups is 1. The van der Waals surface area contributed by atoms with Crippen LogP contribution in [0.15, 0.2) is 91.6 Å². The summed E-state index contributed by atoms with van der Waals surface area (Å²) in [6.07, 6.45) is 0. The Bertz CT molecular complexity index is 2900. The molecule has 6 N–H and O–H groups in total. The van der Waals surface area contributed by atoms with E-state index in [2.05, 4.69) is 20.9 Å². The molecular weight excluding hydrogens is 786 g/mol. The molecule has 0 aromatic heterocycles. The van der Waals surface area contributed by atoms with Crippen molar-refractivity contribution < 1.29 is 62.0 Å². The van der Waals surface area contributed by atoms with Crippen molar-refractivity contribution in [2.75, 3.05) is 10.6 Å². The average molecular weight is 803 g/mol. The average Bonchev–Trinajstić information content (AvgIpc) is 3.09. The molecule has 0 aliphatic carbocycles. The molecule has 1 amide bonds. The maximum absolute atomic E-state index is 15.0. The number of amides is 1. The van der Waals surface area contributed by atoms with Gasteiger partial charge in [0, 0.05) is 16.6 Å². The lowest BCUT2D eigenvalue weighted by atomic mass is 10.1. The Kier molecular flexibility index (Phi) is 10.2. The third kappa shape index (κ3) is 7.53. The van der Waals surface area contributed by atoms with Crippen molar-refractivity contribution in [3.8, 4) is 17.9 Å². The SMILES string of the molecule is N#Cc1c(F)c(F)c(C#N)c(Nc2ccc(S(=O)(=O)O)c(N=Nc3c(S(=O)(=O)O)cc4cc(S(=O)(=O)O)cc(NC(=O)c5ccccc5)c4c3O)c2)c1F. The largest absolute Gasteiger partial charge is 0.505 e. The minimum absolute atomic E-state index is 0.0112.